The van der Waals surface area contributed by atoms with Gasteiger partial charge in [-0.05, 0) is 67.1 Å². The van der Waals surface area contributed by atoms with E-state index in [0.717, 1.165) is 10.5 Å². The van der Waals surface area contributed by atoms with Crippen molar-refractivity contribution in [3.05, 3.63) is 94.8 Å². The summed E-state index contributed by atoms with van der Waals surface area (Å²) in [5, 5.41) is 2.73. The quantitative estimate of drug-likeness (QED) is 0.524. The van der Waals surface area contributed by atoms with Gasteiger partial charge in [-0.1, -0.05) is 0 Å². The molecule has 0 radical (unpaired) electrons. The van der Waals surface area contributed by atoms with E-state index >= 15 is 0 Å². The normalized spacial score (nSPS) is 12.6. The third-order valence-corrected chi connectivity index (χ3v) is 4.87. The van der Waals surface area contributed by atoms with E-state index in [-0.39, 0.29) is 29.0 Å². The Kier molecular flexibility index (Phi) is 4.93. The largest absolute Gasteiger partial charge is 0.322 e. The molecular weight excluding hydrogens is 382 g/mol. The maximum absolute atomic E-state index is 12.8. The van der Waals surface area contributed by atoms with Crippen molar-refractivity contribution in [2.45, 2.75) is 13.5 Å². The number of Topliss-reactive ketones (excluding diaryl/α,β-unsaturated/α-hetero) is 1. The van der Waals surface area contributed by atoms with Crippen molar-refractivity contribution in [1.82, 2.24) is 9.88 Å². The van der Waals surface area contributed by atoms with Crippen LogP contribution in [-0.4, -0.2) is 33.4 Å². The van der Waals surface area contributed by atoms with E-state index in [9.17, 15) is 19.2 Å². The highest BCUT2D eigenvalue weighted by Crippen LogP contribution is 2.26. The number of rotatable bonds is 5. The van der Waals surface area contributed by atoms with Gasteiger partial charge in [0.05, 0.1) is 17.7 Å². The molecule has 7 heteroatoms. The first kappa shape index (κ1) is 19.2. The first-order valence-electron chi connectivity index (χ1n) is 9.25. The van der Waals surface area contributed by atoms with Crippen molar-refractivity contribution in [3.8, 4) is 0 Å². The third-order valence-electron chi connectivity index (χ3n) is 4.87. The Morgan fingerprint density at radius 2 is 1.50 bits per heavy atom. The molecule has 1 aliphatic heterocycles. The molecule has 4 rings (SSSR count). The number of anilines is 1. The molecule has 0 saturated heterocycles. The van der Waals surface area contributed by atoms with Crippen LogP contribution < -0.4 is 5.32 Å². The van der Waals surface area contributed by atoms with Crippen molar-refractivity contribution in [2.24, 2.45) is 0 Å². The number of ketones is 1. The van der Waals surface area contributed by atoms with E-state index in [1.165, 1.54) is 25.1 Å². The van der Waals surface area contributed by atoms with Gasteiger partial charge in [-0.3, -0.25) is 29.1 Å². The van der Waals surface area contributed by atoms with Crippen molar-refractivity contribution in [3.63, 3.8) is 0 Å². The number of nitrogens with one attached hydrogen (secondary N) is 1. The summed E-state index contributed by atoms with van der Waals surface area (Å²) in [6.07, 6.45) is 3.19. The fourth-order valence-corrected chi connectivity index (χ4v) is 3.24. The molecule has 0 fully saturated rings. The van der Waals surface area contributed by atoms with Gasteiger partial charge in [-0.25, -0.2) is 0 Å². The van der Waals surface area contributed by atoms with Crippen LogP contribution in [0, 0.1) is 0 Å². The number of nitrogens with zero attached hydrogens (tertiary/aromatic N) is 2. The van der Waals surface area contributed by atoms with Crippen LogP contribution in [0.5, 0.6) is 0 Å². The Morgan fingerprint density at radius 1 is 0.867 bits per heavy atom. The van der Waals surface area contributed by atoms with Crippen LogP contribution in [-0.2, 0) is 6.54 Å². The minimum absolute atomic E-state index is 0.0639. The number of aromatic nitrogens is 1. The molecule has 0 saturated carbocycles. The second-order valence-electron chi connectivity index (χ2n) is 6.90. The summed E-state index contributed by atoms with van der Waals surface area (Å²) < 4.78 is 0. The second kappa shape index (κ2) is 7.71. The molecule has 0 unspecified atom stereocenters. The summed E-state index contributed by atoms with van der Waals surface area (Å²) in [5.74, 6) is -1.31. The topological polar surface area (TPSA) is 96.4 Å². The lowest BCUT2D eigenvalue weighted by Crippen LogP contribution is -2.29. The average molecular weight is 399 g/mol. The van der Waals surface area contributed by atoms with Gasteiger partial charge in [0.15, 0.2) is 5.78 Å². The van der Waals surface area contributed by atoms with E-state index in [4.69, 9.17) is 0 Å². The average Bonchev–Trinajstić information content (AvgIpc) is 2.99. The molecular formula is C23H17N3O4. The number of hydrogen-bond donors (Lipinski definition) is 1. The van der Waals surface area contributed by atoms with Crippen LogP contribution in [0.4, 0.5) is 5.69 Å². The van der Waals surface area contributed by atoms with Crippen LogP contribution in [0.3, 0.4) is 0 Å². The van der Waals surface area contributed by atoms with Gasteiger partial charge in [0.25, 0.3) is 17.7 Å². The lowest BCUT2D eigenvalue weighted by Gasteiger charge is -2.13. The van der Waals surface area contributed by atoms with Crippen LogP contribution >= 0.6 is 0 Å². The number of pyridine rings is 1. The van der Waals surface area contributed by atoms with Crippen molar-refractivity contribution in [2.75, 3.05) is 5.32 Å². The molecule has 0 spiro atoms. The van der Waals surface area contributed by atoms with Crippen LogP contribution in [0.1, 0.15) is 53.9 Å². The number of benzene rings is 2. The molecule has 3 amide bonds. The zero-order valence-corrected chi connectivity index (χ0v) is 16.1. The molecule has 1 aromatic heterocycles. The molecule has 148 valence electrons. The lowest BCUT2D eigenvalue weighted by molar-refractivity contribution is 0.0642. The fraction of sp³-hybridized carbons (Fsp3) is 0.0870. The highest BCUT2D eigenvalue weighted by Gasteiger charge is 2.36. The number of fused-ring (bicyclic) bond motifs is 1. The Labute approximate surface area is 172 Å². The highest BCUT2D eigenvalue weighted by molar-refractivity contribution is 6.22. The summed E-state index contributed by atoms with van der Waals surface area (Å²) in [7, 11) is 0. The number of amides is 3. The van der Waals surface area contributed by atoms with E-state index in [1.54, 1.807) is 48.8 Å². The Hall–Kier alpha value is -4.13. The maximum atomic E-state index is 12.8. The number of carbonyl (C=O) groups is 4. The van der Waals surface area contributed by atoms with Gasteiger partial charge in [0.1, 0.15) is 0 Å². The third kappa shape index (κ3) is 3.60. The first-order chi connectivity index (χ1) is 14.4. The highest BCUT2D eigenvalue weighted by atomic mass is 16.2. The zero-order valence-electron chi connectivity index (χ0n) is 16.1. The summed E-state index contributed by atoms with van der Waals surface area (Å²) in [5.41, 5.74) is 2.59. The molecule has 30 heavy (non-hydrogen) atoms. The second-order valence-corrected chi connectivity index (χ2v) is 6.90. The van der Waals surface area contributed by atoms with Crippen LogP contribution in [0.15, 0.2) is 67.0 Å². The summed E-state index contributed by atoms with van der Waals surface area (Å²) in [4.78, 5) is 54.4. The van der Waals surface area contributed by atoms with Gasteiger partial charge < -0.3 is 5.32 Å². The van der Waals surface area contributed by atoms with Crippen molar-refractivity contribution in [1.29, 1.82) is 0 Å². The predicted octanol–water partition coefficient (Wildman–Crippen LogP) is 3.33. The molecule has 1 aliphatic rings. The Morgan fingerprint density at radius 3 is 2.17 bits per heavy atom. The Bertz CT molecular complexity index is 1170. The Balaban J connectivity index is 1.53. The fourth-order valence-electron chi connectivity index (χ4n) is 3.24. The molecule has 3 aromatic rings. The molecule has 7 nitrogen and oxygen atoms in total. The molecule has 0 bridgehead atoms. The van der Waals surface area contributed by atoms with E-state index in [0.29, 0.717) is 11.3 Å². The zero-order chi connectivity index (χ0) is 21.3. The molecule has 0 atom stereocenters. The van der Waals surface area contributed by atoms with Gasteiger partial charge in [0, 0.05) is 29.2 Å². The summed E-state index contributed by atoms with van der Waals surface area (Å²) in [6.45, 7) is 1.60. The monoisotopic (exact) mass is 399 g/mol. The van der Waals surface area contributed by atoms with Gasteiger partial charge in [-0.15, -0.1) is 0 Å². The minimum Gasteiger partial charge on any atom is -0.322 e. The lowest BCUT2D eigenvalue weighted by atomic mass is 10.1. The van der Waals surface area contributed by atoms with Gasteiger partial charge in [0.2, 0.25) is 0 Å². The van der Waals surface area contributed by atoms with Gasteiger partial charge in [-0.2, -0.15) is 0 Å². The molecule has 2 heterocycles. The number of hydrogen-bond acceptors (Lipinski definition) is 5. The molecule has 0 aliphatic carbocycles. The van der Waals surface area contributed by atoms with E-state index < -0.39 is 17.7 Å². The first-order valence-corrected chi connectivity index (χ1v) is 9.25. The number of imide groups is 1. The maximum Gasteiger partial charge on any atom is 0.261 e. The van der Waals surface area contributed by atoms with Crippen molar-refractivity contribution < 1.29 is 19.2 Å². The van der Waals surface area contributed by atoms with Crippen LogP contribution in [0.25, 0.3) is 0 Å². The smallest absolute Gasteiger partial charge is 0.261 e. The van der Waals surface area contributed by atoms with E-state index in [2.05, 4.69) is 10.3 Å². The SMILES string of the molecule is CC(=O)c1ccc(NC(=O)c2ccc3c(c2)C(=O)N(Cc2ccncc2)C3=O)cc1. The van der Waals surface area contributed by atoms with Gasteiger partial charge >= 0.3 is 0 Å². The van der Waals surface area contributed by atoms with Crippen molar-refractivity contribution >= 4 is 29.2 Å². The molecule has 2 aromatic carbocycles. The minimum atomic E-state index is -0.438. The van der Waals surface area contributed by atoms with E-state index in [1.807, 2.05) is 0 Å². The number of carbonyl (C=O) groups excluding carboxylic acids is 4. The standard InChI is InChI=1S/C23H17N3O4/c1-14(27)16-2-5-18(6-3-16)25-21(28)17-4-7-19-20(12-17)23(30)26(22(19)29)13-15-8-10-24-11-9-15/h2-12H,13H2,1H3,(H,25,28). The predicted molar refractivity (Wildman–Crippen MR) is 109 cm³/mol. The van der Waals surface area contributed by atoms with Crippen LogP contribution in [0.2, 0.25) is 0 Å². The molecule has 1 N–H and O–H groups in total. The summed E-state index contributed by atoms with van der Waals surface area (Å²) in [6, 6.07) is 14.4. The summed E-state index contributed by atoms with van der Waals surface area (Å²) >= 11 is 0.